The lowest BCUT2D eigenvalue weighted by atomic mass is 10.2. The van der Waals surface area contributed by atoms with Gasteiger partial charge in [0.25, 0.3) is 0 Å². The van der Waals surface area contributed by atoms with E-state index < -0.39 is 0 Å². The summed E-state index contributed by atoms with van der Waals surface area (Å²) in [4.78, 5) is 0. The Kier molecular flexibility index (Phi) is 3.02. The first-order chi connectivity index (χ1) is 4.75. The average molecular weight is 240 g/mol. The summed E-state index contributed by atoms with van der Waals surface area (Å²) in [5, 5.41) is 0.706. The van der Waals surface area contributed by atoms with Crippen LogP contribution in [0.15, 0.2) is 22.7 Å². The zero-order chi connectivity index (χ0) is 7.56. The number of rotatable bonds is 1. The number of alkyl halides is 1. The molecule has 54 valence electrons. The van der Waals surface area contributed by atoms with Crippen LogP contribution in [-0.4, -0.2) is 0 Å². The molecule has 0 radical (unpaired) electrons. The summed E-state index contributed by atoms with van der Waals surface area (Å²) < 4.78 is 0.896. The Morgan fingerprint density at radius 2 is 2.10 bits per heavy atom. The van der Waals surface area contributed by atoms with Crippen molar-refractivity contribution in [2.24, 2.45) is 0 Å². The Morgan fingerprint density at radius 3 is 2.60 bits per heavy atom. The van der Waals surface area contributed by atoms with Gasteiger partial charge in [-0.25, -0.2) is 0 Å². The van der Waals surface area contributed by atoms with Crippen molar-refractivity contribution in [3.63, 3.8) is 0 Å². The number of halogens is 3. The lowest BCUT2D eigenvalue weighted by molar-refractivity contribution is 1.39. The highest BCUT2D eigenvalue weighted by Crippen LogP contribution is 2.26. The van der Waals surface area contributed by atoms with Crippen LogP contribution in [0.3, 0.4) is 0 Å². The summed E-state index contributed by atoms with van der Waals surface area (Å²) in [6, 6.07) is 5.70. The highest BCUT2D eigenvalue weighted by atomic mass is 79.9. The van der Waals surface area contributed by atoms with Gasteiger partial charge in [0.2, 0.25) is 0 Å². The van der Waals surface area contributed by atoms with Crippen LogP contribution >= 0.6 is 39.1 Å². The molecule has 0 aliphatic heterocycles. The van der Waals surface area contributed by atoms with E-state index in [0.29, 0.717) is 10.9 Å². The van der Waals surface area contributed by atoms with E-state index in [2.05, 4.69) is 15.9 Å². The molecule has 0 aromatic heterocycles. The summed E-state index contributed by atoms with van der Waals surface area (Å²) >= 11 is 14.8. The SMILES string of the molecule is ClCc1cccc(Br)c1Cl. The lowest BCUT2D eigenvalue weighted by Crippen LogP contribution is -1.79. The first-order valence-corrected chi connectivity index (χ1v) is 4.45. The van der Waals surface area contributed by atoms with Crippen LogP contribution in [0.1, 0.15) is 5.56 Å². The predicted molar refractivity (Wildman–Crippen MR) is 48.7 cm³/mol. The predicted octanol–water partition coefficient (Wildman–Crippen LogP) is 3.84. The van der Waals surface area contributed by atoms with Gasteiger partial charge in [-0.2, -0.15) is 0 Å². The second-order valence-corrected chi connectivity index (χ2v) is 3.35. The van der Waals surface area contributed by atoms with Crippen LogP contribution in [-0.2, 0) is 5.88 Å². The van der Waals surface area contributed by atoms with Crippen LogP contribution in [0.5, 0.6) is 0 Å². The molecule has 0 saturated heterocycles. The lowest BCUT2D eigenvalue weighted by Gasteiger charge is -1.99. The van der Waals surface area contributed by atoms with E-state index in [9.17, 15) is 0 Å². The Balaban J connectivity index is 3.14. The maximum absolute atomic E-state index is 5.86. The minimum absolute atomic E-state index is 0.457. The molecule has 0 heterocycles. The second kappa shape index (κ2) is 3.61. The van der Waals surface area contributed by atoms with Gasteiger partial charge in [-0.15, -0.1) is 11.6 Å². The molecule has 0 amide bonds. The number of benzene rings is 1. The van der Waals surface area contributed by atoms with Crippen molar-refractivity contribution in [3.8, 4) is 0 Å². The van der Waals surface area contributed by atoms with Gasteiger partial charge in [0, 0.05) is 10.4 Å². The first-order valence-electron chi connectivity index (χ1n) is 2.74. The molecule has 0 spiro atoms. The zero-order valence-corrected chi connectivity index (χ0v) is 8.17. The summed E-state index contributed by atoms with van der Waals surface area (Å²) in [5.41, 5.74) is 0.956. The molecule has 0 aliphatic carbocycles. The van der Waals surface area contributed by atoms with Crippen molar-refractivity contribution in [1.29, 1.82) is 0 Å². The Bertz CT molecular complexity index is 235. The monoisotopic (exact) mass is 238 g/mol. The molecule has 0 N–H and O–H groups in total. The van der Waals surface area contributed by atoms with Crippen LogP contribution < -0.4 is 0 Å². The van der Waals surface area contributed by atoms with Crippen LogP contribution in [0.25, 0.3) is 0 Å². The van der Waals surface area contributed by atoms with Crippen molar-refractivity contribution in [2.75, 3.05) is 0 Å². The first kappa shape index (κ1) is 8.38. The van der Waals surface area contributed by atoms with E-state index in [1.54, 1.807) is 0 Å². The van der Waals surface area contributed by atoms with Crippen molar-refractivity contribution in [1.82, 2.24) is 0 Å². The second-order valence-electron chi connectivity index (χ2n) is 1.85. The topological polar surface area (TPSA) is 0 Å². The van der Waals surface area contributed by atoms with E-state index in [1.807, 2.05) is 18.2 Å². The standard InChI is InChI=1S/C7H5BrCl2/c8-6-3-1-2-5(4-9)7(6)10/h1-3H,4H2. The molecule has 0 fully saturated rings. The summed E-state index contributed by atoms with van der Waals surface area (Å²) in [6.45, 7) is 0. The Labute approximate surface area is 78.3 Å². The minimum Gasteiger partial charge on any atom is -0.121 e. The largest absolute Gasteiger partial charge is 0.121 e. The van der Waals surface area contributed by atoms with E-state index in [0.717, 1.165) is 10.0 Å². The van der Waals surface area contributed by atoms with Crippen LogP contribution in [0.2, 0.25) is 5.02 Å². The molecule has 0 bridgehead atoms. The van der Waals surface area contributed by atoms with Crippen molar-refractivity contribution >= 4 is 39.1 Å². The van der Waals surface area contributed by atoms with Crippen LogP contribution in [0.4, 0.5) is 0 Å². The minimum atomic E-state index is 0.457. The molecule has 1 rings (SSSR count). The normalized spacial score (nSPS) is 9.90. The molecular formula is C7H5BrCl2. The van der Waals surface area contributed by atoms with E-state index in [4.69, 9.17) is 23.2 Å². The van der Waals surface area contributed by atoms with Crippen LogP contribution in [0, 0.1) is 0 Å². The molecule has 3 heteroatoms. The molecule has 0 saturated carbocycles. The van der Waals surface area contributed by atoms with E-state index >= 15 is 0 Å². The Hall–Kier alpha value is 0.280. The summed E-state index contributed by atoms with van der Waals surface area (Å²) in [5.74, 6) is 0.457. The summed E-state index contributed by atoms with van der Waals surface area (Å²) in [7, 11) is 0. The fourth-order valence-electron chi connectivity index (χ4n) is 0.652. The fraction of sp³-hybridized carbons (Fsp3) is 0.143. The molecule has 1 aromatic rings. The maximum Gasteiger partial charge on any atom is 0.0592 e. The van der Waals surface area contributed by atoms with Gasteiger partial charge >= 0.3 is 0 Å². The molecule has 10 heavy (non-hydrogen) atoms. The third-order valence-corrected chi connectivity index (χ3v) is 2.80. The van der Waals surface area contributed by atoms with Gasteiger partial charge in [0.1, 0.15) is 0 Å². The molecule has 0 unspecified atom stereocenters. The number of hydrogen-bond acceptors (Lipinski definition) is 0. The van der Waals surface area contributed by atoms with Crippen molar-refractivity contribution < 1.29 is 0 Å². The molecular weight excluding hydrogens is 235 g/mol. The van der Waals surface area contributed by atoms with E-state index in [-0.39, 0.29) is 0 Å². The quantitative estimate of drug-likeness (QED) is 0.654. The van der Waals surface area contributed by atoms with Gasteiger partial charge in [-0.05, 0) is 27.6 Å². The van der Waals surface area contributed by atoms with Crippen molar-refractivity contribution in [2.45, 2.75) is 5.88 Å². The molecule has 0 atom stereocenters. The van der Waals surface area contributed by atoms with Crippen molar-refractivity contribution in [3.05, 3.63) is 33.3 Å². The van der Waals surface area contributed by atoms with Gasteiger partial charge in [0.05, 0.1) is 5.02 Å². The molecule has 1 aromatic carbocycles. The smallest absolute Gasteiger partial charge is 0.0592 e. The summed E-state index contributed by atoms with van der Waals surface area (Å²) in [6.07, 6.45) is 0. The molecule has 0 aliphatic rings. The van der Waals surface area contributed by atoms with Gasteiger partial charge in [-0.3, -0.25) is 0 Å². The third-order valence-electron chi connectivity index (χ3n) is 1.18. The fourth-order valence-corrected chi connectivity index (χ4v) is 1.54. The average Bonchev–Trinajstić information content (AvgIpc) is 1.95. The van der Waals surface area contributed by atoms with E-state index in [1.165, 1.54) is 0 Å². The zero-order valence-electron chi connectivity index (χ0n) is 5.07. The number of hydrogen-bond donors (Lipinski definition) is 0. The van der Waals surface area contributed by atoms with Gasteiger partial charge in [0.15, 0.2) is 0 Å². The highest BCUT2D eigenvalue weighted by Gasteiger charge is 2.00. The Morgan fingerprint density at radius 1 is 1.40 bits per heavy atom. The maximum atomic E-state index is 5.86. The highest BCUT2D eigenvalue weighted by molar-refractivity contribution is 9.10. The molecule has 0 nitrogen and oxygen atoms in total. The third kappa shape index (κ3) is 1.66. The van der Waals surface area contributed by atoms with Gasteiger partial charge < -0.3 is 0 Å². The van der Waals surface area contributed by atoms with Gasteiger partial charge in [-0.1, -0.05) is 23.7 Å².